The zero-order valence-electron chi connectivity index (χ0n) is 19.7. The molecule has 0 unspecified atom stereocenters. The molecule has 0 atom stereocenters. The summed E-state index contributed by atoms with van der Waals surface area (Å²) in [7, 11) is 0. The average Bonchev–Trinajstić information content (AvgIpc) is 3.07. The van der Waals surface area contributed by atoms with Gasteiger partial charge in [-0.15, -0.1) is 0 Å². The van der Waals surface area contributed by atoms with E-state index < -0.39 is 28.6 Å². The molecule has 1 aliphatic heterocycles. The minimum Gasteiger partial charge on any atom is -0.490 e. The Labute approximate surface area is 219 Å². The van der Waals surface area contributed by atoms with Crippen molar-refractivity contribution in [1.82, 2.24) is 4.90 Å². The third-order valence-corrected chi connectivity index (χ3v) is 6.31. The molecule has 190 valence electrons. The summed E-state index contributed by atoms with van der Waals surface area (Å²) in [5, 5.41) is 10.3. The Morgan fingerprint density at radius 1 is 1.17 bits per heavy atom. The van der Waals surface area contributed by atoms with Gasteiger partial charge in [0.2, 0.25) is 0 Å². The summed E-state index contributed by atoms with van der Waals surface area (Å²) in [6.45, 7) is 5.21. The topological polar surface area (TPSA) is 125 Å². The van der Waals surface area contributed by atoms with Crippen molar-refractivity contribution in [2.45, 2.75) is 33.5 Å². The first-order valence-electron chi connectivity index (χ1n) is 10.9. The second-order valence-corrected chi connectivity index (χ2v) is 9.62. The van der Waals surface area contributed by atoms with E-state index in [1.54, 1.807) is 38.1 Å². The van der Waals surface area contributed by atoms with Gasteiger partial charge in [-0.1, -0.05) is 15.9 Å². The fourth-order valence-corrected chi connectivity index (χ4v) is 4.39. The molecule has 0 saturated carbocycles. The molecule has 0 aliphatic carbocycles. The maximum atomic E-state index is 12.8. The van der Waals surface area contributed by atoms with E-state index in [0.717, 1.165) is 22.2 Å². The van der Waals surface area contributed by atoms with Crippen LogP contribution in [0.1, 0.15) is 31.9 Å². The summed E-state index contributed by atoms with van der Waals surface area (Å²) in [4.78, 5) is 48.3. The fraction of sp³-hybridized carbons (Fsp3) is 0.292. The molecule has 3 rings (SSSR count). The number of nitro benzene ring substituents is 1. The van der Waals surface area contributed by atoms with E-state index >= 15 is 0 Å². The quantitative estimate of drug-likeness (QED) is 0.159. The Hall–Kier alpha value is -3.38. The number of imide groups is 1. The molecular formula is C24H23BrN2O8S. The maximum absolute atomic E-state index is 12.8. The van der Waals surface area contributed by atoms with Gasteiger partial charge in [0.25, 0.3) is 16.8 Å². The number of esters is 1. The second kappa shape index (κ2) is 12.0. The zero-order chi connectivity index (χ0) is 26.4. The number of benzene rings is 2. The Kier molecular flexibility index (Phi) is 9.10. The lowest BCUT2D eigenvalue weighted by molar-refractivity contribution is -0.384. The van der Waals surface area contributed by atoms with Crippen molar-refractivity contribution in [3.05, 3.63) is 67.0 Å². The number of amides is 2. The fourth-order valence-electron chi connectivity index (χ4n) is 3.12. The van der Waals surface area contributed by atoms with Crippen molar-refractivity contribution in [3.8, 4) is 11.5 Å². The van der Waals surface area contributed by atoms with Gasteiger partial charge in [-0.3, -0.25) is 29.4 Å². The number of nitro groups is 1. The van der Waals surface area contributed by atoms with E-state index in [9.17, 15) is 24.5 Å². The van der Waals surface area contributed by atoms with Gasteiger partial charge in [0, 0.05) is 16.6 Å². The van der Waals surface area contributed by atoms with Crippen LogP contribution in [0.3, 0.4) is 0 Å². The first-order valence-corrected chi connectivity index (χ1v) is 12.5. The van der Waals surface area contributed by atoms with Crippen LogP contribution in [0, 0.1) is 10.1 Å². The van der Waals surface area contributed by atoms with Crippen molar-refractivity contribution < 1.29 is 33.5 Å². The van der Waals surface area contributed by atoms with Gasteiger partial charge in [0.1, 0.15) is 13.2 Å². The van der Waals surface area contributed by atoms with Gasteiger partial charge in [0.15, 0.2) is 11.5 Å². The molecule has 12 heteroatoms. The number of halogens is 1. The van der Waals surface area contributed by atoms with Crippen LogP contribution >= 0.6 is 27.7 Å². The van der Waals surface area contributed by atoms with Gasteiger partial charge in [-0.05, 0) is 74.0 Å². The van der Waals surface area contributed by atoms with Gasteiger partial charge in [0.05, 0.1) is 22.5 Å². The highest BCUT2D eigenvalue weighted by Crippen LogP contribution is 2.38. The van der Waals surface area contributed by atoms with E-state index in [1.165, 1.54) is 18.2 Å². The number of ether oxygens (including phenoxy) is 3. The summed E-state index contributed by atoms with van der Waals surface area (Å²) in [5.74, 6) is -0.422. The summed E-state index contributed by atoms with van der Waals surface area (Å²) >= 11 is 4.19. The Bertz CT molecular complexity index is 1210. The minimum absolute atomic E-state index is 0.0120. The largest absolute Gasteiger partial charge is 0.490 e. The lowest BCUT2D eigenvalue weighted by atomic mass is 10.1. The third-order valence-electron chi connectivity index (χ3n) is 4.72. The van der Waals surface area contributed by atoms with Crippen LogP contribution in [0.15, 0.2) is 45.8 Å². The highest BCUT2D eigenvalue weighted by Gasteiger charge is 2.37. The smallest absolute Gasteiger partial charge is 0.326 e. The molecule has 0 N–H and O–H groups in total. The van der Waals surface area contributed by atoms with Gasteiger partial charge < -0.3 is 14.2 Å². The number of carbonyl (C=O) groups is 3. The molecule has 1 saturated heterocycles. The maximum Gasteiger partial charge on any atom is 0.326 e. The van der Waals surface area contributed by atoms with E-state index in [-0.39, 0.29) is 23.3 Å². The van der Waals surface area contributed by atoms with Crippen molar-refractivity contribution in [1.29, 1.82) is 0 Å². The molecule has 0 bridgehead atoms. The predicted octanol–water partition coefficient (Wildman–Crippen LogP) is 5.32. The number of hydrogen-bond donors (Lipinski definition) is 0. The lowest BCUT2D eigenvalue weighted by Crippen LogP contribution is -2.35. The normalized spacial score (nSPS) is 14.5. The molecular weight excluding hydrogens is 556 g/mol. The molecule has 0 aromatic heterocycles. The molecule has 1 aliphatic rings. The van der Waals surface area contributed by atoms with Crippen molar-refractivity contribution >= 4 is 56.6 Å². The molecule has 0 spiro atoms. The number of non-ortho nitro benzene ring substituents is 1. The SMILES string of the molecule is CCOc1cc(/C=C2/SC(=O)N(CC(=O)OC(C)C)C2=O)c(Br)cc1OCc1ccc([N+](=O)[O-])cc1. The van der Waals surface area contributed by atoms with Crippen LogP contribution in [-0.2, 0) is 20.9 Å². The van der Waals surface area contributed by atoms with Crippen LogP contribution in [0.5, 0.6) is 11.5 Å². The Balaban J connectivity index is 1.79. The second-order valence-electron chi connectivity index (χ2n) is 7.77. The number of thioether (sulfide) groups is 1. The van der Waals surface area contributed by atoms with Crippen LogP contribution in [0.25, 0.3) is 6.08 Å². The van der Waals surface area contributed by atoms with Crippen LogP contribution in [0.4, 0.5) is 10.5 Å². The van der Waals surface area contributed by atoms with Crippen molar-refractivity contribution in [3.63, 3.8) is 0 Å². The number of hydrogen-bond acceptors (Lipinski definition) is 9. The molecule has 2 amide bonds. The van der Waals surface area contributed by atoms with Crippen molar-refractivity contribution in [2.24, 2.45) is 0 Å². The predicted molar refractivity (Wildman–Crippen MR) is 137 cm³/mol. The zero-order valence-corrected chi connectivity index (χ0v) is 22.1. The number of rotatable bonds is 10. The van der Waals surface area contributed by atoms with E-state index in [2.05, 4.69) is 15.9 Å². The van der Waals surface area contributed by atoms with Crippen molar-refractivity contribution in [2.75, 3.05) is 13.2 Å². The van der Waals surface area contributed by atoms with Gasteiger partial charge in [-0.2, -0.15) is 0 Å². The first-order chi connectivity index (χ1) is 17.1. The average molecular weight is 579 g/mol. The third kappa shape index (κ3) is 6.85. The summed E-state index contributed by atoms with van der Waals surface area (Å²) in [6.07, 6.45) is 1.17. The molecule has 1 heterocycles. The minimum atomic E-state index is -0.664. The van der Waals surface area contributed by atoms with E-state index in [0.29, 0.717) is 28.1 Å². The van der Waals surface area contributed by atoms with E-state index in [4.69, 9.17) is 14.2 Å². The van der Waals surface area contributed by atoms with Gasteiger partial charge in [-0.25, -0.2) is 0 Å². The van der Waals surface area contributed by atoms with E-state index in [1.807, 2.05) is 6.92 Å². The van der Waals surface area contributed by atoms with Crippen LogP contribution in [-0.4, -0.2) is 46.2 Å². The first kappa shape index (κ1) is 27.2. The molecule has 2 aromatic carbocycles. The molecule has 36 heavy (non-hydrogen) atoms. The van der Waals surface area contributed by atoms with Crippen LogP contribution < -0.4 is 9.47 Å². The summed E-state index contributed by atoms with van der Waals surface area (Å²) in [6, 6.07) is 9.35. The highest BCUT2D eigenvalue weighted by atomic mass is 79.9. The molecule has 1 fully saturated rings. The molecule has 0 radical (unpaired) electrons. The number of nitrogens with zero attached hydrogens (tertiary/aromatic N) is 2. The summed E-state index contributed by atoms with van der Waals surface area (Å²) < 4.78 is 17.2. The Morgan fingerprint density at radius 2 is 1.83 bits per heavy atom. The Morgan fingerprint density at radius 3 is 2.44 bits per heavy atom. The summed E-state index contributed by atoms with van der Waals surface area (Å²) in [5.41, 5.74) is 1.28. The number of carbonyl (C=O) groups excluding carboxylic acids is 3. The van der Waals surface area contributed by atoms with Crippen LogP contribution in [0.2, 0.25) is 0 Å². The monoisotopic (exact) mass is 578 g/mol. The standard InChI is InChI=1S/C24H23BrN2O8S/c1-4-33-19-9-16(10-21-23(29)26(24(30)36-21)12-22(28)35-14(2)3)18(25)11-20(19)34-13-15-5-7-17(8-6-15)27(31)32/h5-11,14H,4,12-13H2,1-3H3/b21-10+. The molecule has 10 nitrogen and oxygen atoms in total. The lowest BCUT2D eigenvalue weighted by Gasteiger charge is -2.14. The van der Waals surface area contributed by atoms with Gasteiger partial charge >= 0.3 is 5.97 Å². The highest BCUT2D eigenvalue weighted by molar-refractivity contribution is 9.10. The molecule has 2 aromatic rings.